The van der Waals surface area contributed by atoms with Crippen LogP contribution in [0.1, 0.15) is 38.5 Å². The van der Waals surface area contributed by atoms with E-state index in [1.54, 1.807) is 0 Å². The first-order chi connectivity index (χ1) is 7.22. The van der Waals surface area contributed by atoms with E-state index in [4.69, 9.17) is 4.74 Å². The third kappa shape index (κ3) is 2.06. The van der Waals surface area contributed by atoms with Gasteiger partial charge in [-0.15, -0.1) is 0 Å². The van der Waals surface area contributed by atoms with Gasteiger partial charge < -0.3 is 4.74 Å². The summed E-state index contributed by atoms with van der Waals surface area (Å²) in [6, 6.07) is 0. The highest BCUT2D eigenvalue weighted by Crippen LogP contribution is 2.43. The number of hydrogen-bond acceptors (Lipinski definition) is 3. The van der Waals surface area contributed by atoms with E-state index in [0.717, 1.165) is 25.7 Å². The van der Waals surface area contributed by atoms with E-state index in [2.05, 4.69) is 0 Å². The molecule has 2 rings (SSSR count). The molecule has 0 aromatic carbocycles. The van der Waals surface area contributed by atoms with Crippen LogP contribution in [-0.4, -0.2) is 18.9 Å². The second-order valence-corrected chi connectivity index (χ2v) is 4.77. The van der Waals surface area contributed by atoms with E-state index in [9.17, 15) is 9.59 Å². The third-order valence-electron chi connectivity index (χ3n) is 3.97. The zero-order valence-electron chi connectivity index (χ0n) is 9.20. The number of Topliss-reactive ketones (excluding diaryl/α,β-unsaturated/α-hetero) is 1. The molecule has 15 heavy (non-hydrogen) atoms. The van der Waals surface area contributed by atoms with Gasteiger partial charge in [-0.25, -0.2) is 0 Å². The topological polar surface area (TPSA) is 43.4 Å². The minimum absolute atomic E-state index is 0.0157. The average Bonchev–Trinajstić information content (AvgIpc) is 2.27. The quantitative estimate of drug-likeness (QED) is 0.621. The van der Waals surface area contributed by atoms with Gasteiger partial charge in [0.1, 0.15) is 5.78 Å². The number of esters is 1. The van der Waals surface area contributed by atoms with Crippen LogP contribution in [-0.2, 0) is 14.3 Å². The minimum atomic E-state index is -0.112. The molecule has 2 saturated carbocycles. The van der Waals surface area contributed by atoms with Crippen molar-refractivity contribution >= 4 is 11.8 Å². The molecule has 0 aliphatic heterocycles. The summed E-state index contributed by atoms with van der Waals surface area (Å²) < 4.78 is 4.82. The van der Waals surface area contributed by atoms with E-state index in [-0.39, 0.29) is 17.8 Å². The number of hydrogen-bond donors (Lipinski definition) is 0. The molecule has 2 aliphatic carbocycles. The molecule has 3 unspecified atom stereocenters. The molecule has 0 radical (unpaired) electrons. The molecule has 0 N–H and O–H groups in total. The van der Waals surface area contributed by atoms with Crippen LogP contribution in [0.15, 0.2) is 0 Å². The fraction of sp³-hybridized carbons (Fsp3) is 0.833. The summed E-state index contributed by atoms with van der Waals surface area (Å²) in [5.41, 5.74) is 0. The van der Waals surface area contributed by atoms with Crippen molar-refractivity contribution < 1.29 is 14.3 Å². The van der Waals surface area contributed by atoms with Crippen molar-refractivity contribution in [1.29, 1.82) is 0 Å². The summed E-state index contributed by atoms with van der Waals surface area (Å²) in [7, 11) is 1.44. The minimum Gasteiger partial charge on any atom is -0.469 e. The first-order valence-corrected chi connectivity index (χ1v) is 5.82. The summed E-state index contributed by atoms with van der Waals surface area (Å²) in [5, 5.41) is 0. The fourth-order valence-corrected chi connectivity index (χ4v) is 3.18. The molecule has 84 valence electrons. The highest BCUT2D eigenvalue weighted by molar-refractivity contribution is 5.81. The maximum Gasteiger partial charge on any atom is 0.308 e. The van der Waals surface area contributed by atoms with Gasteiger partial charge in [-0.05, 0) is 24.7 Å². The Hall–Kier alpha value is -0.860. The van der Waals surface area contributed by atoms with Crippen LogP contribution in [0.4, 0.5) is 0 Å². The number of carbonyl (C=O) groups excluding carboxylic acids is 2. The van der Waals surface area contributed by atoms with Gasteiger partial charge in [-0.1, -0.05) is 12.8 Å². The SMILES string of the molecule is COC(=O)C1CCCC2CCC(=O)CC21. The van der Waals surface area contributed by atoms with Gasteiger partial charge >= 0.3 is 5.97 Å². The van der Waals surface area contributed by atoms with Crippen molar-refractivity contribution in [1.82, 2.24) is 0 Å². The Labute approximate surface area is 90.2 Å². The van der Waals surface area contributed by atoms with Gasteiger partial charge in [-0.3, -0.25) is 9.59 Å². The standard InChI is InChI=1S/C12H18O3/c1-15-12(14)10-4-2-3-8-5-6-9(13)7-11(8)10/h8,10-11H,2-7H2,1H3. The summed E-state index contributed by atoms with van der Waals surface area (Å²) in [6.45, 7) is 0. The highest BCUT2D eigenvalue weighted by atomic mass is 16.5. The normalized spacial score (nSPS) is 35.8. The third-order valence-corrected chi connectivity index (χ3v) is 3.97. The smallest absolute Gasteiger partial charge is 0.308 e. The lowest BCUT2D eigenvalue weighted by Gasteiger charge is -2.39. The first kappa shape index (κ1) is 10.7. The van der Waals surface area contributed by atoms with Gasteiger partial charge in [0.25, 0.3) is 0 Å². The van der Waals surface area contributed by atoms with Crippen LogP contribution in [0.2, 0.25) is 0 Å². The van der Waals surface area contributed by atoms with Crippen molar-refractivity contribution in [2.75, 3.05) is 7.11 Å². The molecule has 0 amide bonds. The van der Waals surface area contributed by atoms with Crippen LogP contribution >= 0.6 is 0 Å². The molecule has 0 aromatic heterocycles. The summed E-state index contributed by atoms with van der Waals surface area (Å²) in [6.07, 6.45) is 5.50. The second kappa shape index (κ2) is 4.33. The van der Waals surface area contributed by atoms with Crippen LogP contribution in [0.5, 0.6) is 0 Å². The molecule has 0 saturated heterocycles. The van der Waals surface area contributed by atoms with Gasteiger partial charge in [0, 0.05) is 12.8 Å². The molecule has 2 fully saturated rings. The Kier molecular flexibility index (Phi) is 3.08. The number of methoxy groups -OCH3 is 1. The molecule has 0 heterocycles. The van der Waals surface area contributed by atoms with Crippen LogP contribution in [0.25, 0.3) is 0 Å². The molecular formula is C12H18O3. The lowest BCUT2D eigenvalue weighted by molar-refractivity contribution is -0.151. The van der Waals surface area contributed by atoms with Gasteiger partial charge in [-0.2, -0.15) is 0 Å². The molecule has 3 atom stereocenters. The van der Waals surface area contributed by atoms with Crippen molar-refractivity contribution in [2.24, 2.45) is 17.8 Å². The molecule has 3 heteroatoms. The molecule has 0 spiro atoms. The summed E-state index contributed by atoms with van der Waals surface area (Å²) >= 11 is 0. The molecule has 2 aliphatic rings. The number of rotatable bonds is 1. The molecule has 3 nitrogen and oxygen atoms in total. The Morgan fingerprint density at radius 1 is 1.33 bits per heavy atom. The monoisotopic (exact) mass is 210 g/mol. The van der Waals surface area contributed by atoms with E-state index in [1.165, 1.54) is 13.5 Å². The van der Waals surface area contributed by atoms with Crippen LogP contribution < -0.4 is 0 Å². The highest BCUT2D eigenvalue weighted by Gasteiger charge is 2.41. The number of ketones is 1. The Balaban J connectivity index is 2.10. The van der Waals surface area contributed by atoms with Gasteiger partial charge in [0.15, 0.2) is 0 Å². The molecule has 0 bridgehead atoms. The lowest BCUT2D eigenvalue weighted by atomic mass is 9.65. The van der Waals surface area contributed by atoms with Crippen LogP contribution in [0, 0.1) is 17.8 Å². The van der Waals surface area contributed by atoms with Crippen molar-refractivity contribution in [2.45, 2.75) is 38.5 Å². The van der Waals surface area contributed by atoms with E-state index >= 15 is 0 Å². The van der Waals surface area contributed by atoms with E-state index in [1.807, 2.05) is 0 Å². The van der Waals surface area contributed by atoms with Gasteiger partial charge in [0.05, 0.1) is 13.0 Å². The largest absolute Gasteiger partial charge is 0.469 e. The maximum absolute atomic E-state index is 11.6. The van der Waals surface area contributed by atoms with Crippen molar-refractivity contribution in [3.8, 4) is 0 Å². The van der Waals surface area contributed by atoms with E-state index < -0.39 is 0 Å². The number of ether oxygens (including phenoxy) is 1. The fourth-order valence-electron chi connectivity index (χ4n) is 3.18. The average molecular weight is 210 g/mol. The Morgan fingerprint density at radius 3 is 2.87 bits per heavy atom. The number of fused-ring (bicyclic) bond motifs is 1. The van der Waals surface area contributed by atoms with Crippen molar-refractivity contribution in [3.63, 3.8) is 0 Å². The second-order valence-electron chi connectivity index (χ2n) is 4.77. The molecule has 0 aromatic rings. The molecular weight excluding hydrogens is 192 g/mol. The Morgan fingerprint density at radius 2 is 2.13 bits per heavy atom. The predicted octanol–water partition coefficient (Wildman–Crippen LogP) is 1.94. The van der Waals surface area contributed by atoms with E-state index in [0.29, 0.717) is 18.1 Å². The maximum atomic E-state index is 11.6. The number of carbonyl (C=O) groups is 2. The van der Waals surface area contributed by atoms with Crippen LogP contribution in [0.3, 0.4) is 0 Å². The summed E-state index contributed by atoms with van der Waals surface area (Å²) in [5.74, 6) is 1.05. The zero-order chi connectivity index (χ0) is 10.8. The summed E-state index contributed by atoms with van der Waals surface area (Å²) in [4.78, 5) is 23.0. The first-order valence-electron chi connectivity index (χ1n) is 5.82. The predicted molar refractivity (Wildman–Crippen MR) is 55.2 cm³/mol. The lowest BCUT2D eigenvalue weighted by Crippen LogP contribution is -2.38. The zero-order valence-corrected chi connectivity index (χ0v) is 9.20. The van der Waals surface area contributed by atoms with Gasteiger partial charge in [0.2, 0.25) is 0 Å². The Bertz CT molecular complexity index is 272. The van der Waals surface area contributed by atoms with Crippen molar-refractivity contribution in [3.05, 3.63) is 0 Å².